The molecule has 1 saturated heterocycles. The van der Waals surface area contributed by atoms with Gasteiger partial charge in [-0.25, -0.2) is 4.79 Å². The van der Waals surface area contributed by atoms with Crippen molar-refractivity contribution in [2.75, 3.05) is 12.3 Å². The van der Waals surface area contributed by atoms with Gasteiger partial charge in [-0.05, 0) is 47.9 Å². The van der Waals surface area contributed by atoms with Gasteiger partial charge < -0.3 is 19.6 Å². The van der Waals surface area contributed by atoms with Crippen LogP contribution in [0.5, 0.6) is 0 Å². The summed E-state index contributed by atoms with van der Waals surface area (Å²) in [6.07, 6.45) is 0.776. The number of nitrogens with zero attached hydrogens (tertiary/aromatic N) is 1. The smallest absolute Gasteiger partial charge is 0.356 e. The van der Waals surface area contributed by atoms with Crippen molar-refractivity contribution >= 4 is 64.5 Å². The van der Waals surface area contributed by atoms with E-state index in [0.717, 1.165) is 15.9 Å². The quantitative estimate of drug-likeness (QED) is 0.0339. The van der Waals surface area contributed by atoms with E-state index in [9.17, 15) is 14.4 Å². The van der Waals surface area contributed by atoms with Crippen molar-refractivity contribution in [1.82, 2.24) is 4.90 Å². The van der Waals surface area contributed by atoms with Crippen LogP contribution in [0.4, 0.5) is 5.69 Å². The van der Waals surface area contributed by atoms with Crippen molar-refractivity contribution in [2.45, 2.75) is 25.5 Å². The van der Waals surface area contributed by atoms with Crippen molar-refractivity contribution < 1.29 is 23.3 Å². The van der Waals surface area contributed by atoms with Gasteiger partial charge in [-0.15, -0.1) is 0 Å². The standard InChI is InChI=1S/C36H35N2O5PS/c1-3-22-42-36(41)35(38-31(33(34(38)40)25(2)43-45)24-32(39)26-14-13-15-27(37)23-26)44(28-16-7-4-8-17-28,29-18-9-5-10-19-29)30-20-11-6-12-21-30/h3-21,23,25,31,33,45H,1,22,24,37H2,2H3/t25-,31-,33-/m1/s1. The summed E-state index contributed by atoms with van der Waals surface area (Å²) >= 11 is 4.02. The number of hydrogen-bond acceptors (Lipinski definition) is 7. The zero-order valence-corrected chi connectivity index (χ0v) is 26.6. The van der Waals surface area contributed by atoms with E-state index < -0.39 is 30.9 Å². The molecule has 1 aliphatic heterocycles. The molecule has 0 aliphatic carbocycles. The molecule has 9 heteroatoms. The number of thiol groups is 1. The first-order valence-corrected chi connectivity index (χ1v) is 16.7. The van der Waals surface area contributed by atoms with Crippen molar-refractivity contribution in [3.05, 3.63) is 133 Å². The first-order valence-electron chi connectivity index (χ1n) is 14.6. The van der Waals surface area contributed by atoms with Gasteiger partial charge in [0.15, 0.2) is 5.78 Å². The number of ether oxygens (including phenoxy) is 1. The monoisotopic (exact) mass is 638 g/mol. The summed E-state index contributed by atoms with van der Waals surface area (Å²) in [5.41, 5.74) is 7.04. The van der Waals surface area contributed by atoms with Crippen LogP contribution < -0.4 is 21.6 Å². The van der Waals surface area contributed by atoms with Crippen LogP contribution in [-0.4, -0.2) is 46.7 Å². The topological polar surface area (TPSA) is 98.9 Å². The van der Waals surface area contributed by atoms with Crippen LogP contribution in [0.1, 0.15) is 23.7 Å². The van der Waals surface area contributed by atoms with Gasteiger partial charge in [-0.3, -0.25) is 9.59 Å². The zero-order chi connectivity index (χ0) is 32.0. The molecule has 1 fully saturated rings. The second-order valence-electron chi connectivity index (χ2n) is 10.8. The highest BCUT2D eigenvalue weighted by atomic mass is 32.1. The van der Waals surface area contributed by atoms with E-state index in [1.54, 1.807) is 31.2 Å². The first-order chi connectivity index (χ1) is 21.8. The Hall–Kier alpha value is -4.36. The number of nitrogens with two attached hydrogens (primary N) is 1. The van der Waals surface area contributed by atoms with Crippen LogP contribution in [-0.2, 0) is 18.5 Å². The zero-order valence-electron chi connectivity index (χ0n) is 24.9. The summed E-state index contributed by atoms with van der Waals surface area (Å²) in [5, 5.41) is 2.55. The fraction of sp³-hybridized carbons (Fsp3) is 0.167. The van der Waals surface area contributed by atoms with Gasteiger partial charge >= 0.3 is 5.97 Å². The Morgan fingerprint density at radius 2 is 1.44 bits per heavy atom. The highest BCUT2D eigenvalue weighted by Crippen LogP contribution is 2.50. The molecule has 0 unspecified atom stereocenters. The Labute approximate surface area is 269 Å². The molecular weight excluding hydrogens is 603 g/mol. The van der Waals surface area contributed by atoms with Gasteiger partial charge in [0.1, 0.15) is 12.0 Å². The summed E-state index contributed by atoms with van der Waals surface area (Å²) < 4.78 is 11.1. The van der Waals surface area contributed by atoms with E-state index in [1.165, 1.54) is 11.0 Å². The van der Waals surface area contributed by atoms with Crippen LogP contribution in [0.2, 0.25) is 0 Å². The molecule has 1 aliphatic rings. The molecule has 0 spiro atoms. The molecule has 5 rings (SSSR count). The molecule has 45 heavy (non-hydrogen) atoms. The number of anilines is 1. The third-order valence-corrected chi connectivity index (χ3v) is 12.6. The lowest BCUT2D eigenvalue weighted by Crippen LogP contribution is -2.68. The molecule has 2 N–H and O–H groups in total. The lowest BCUT2D eigenvalue weighted by molar-refractivity contribution is -0.155. The molecule has 0 saturated carbocycles. The molecule has 0 bridgehead atoms. The van der Waals surface area contributed by atoms with Gasteiger partial charge in [0.05, 0.1) is 18.1 Å². The van der Waals surface area contributed by atoms with Crippen molar-refractivity contribution in [1.29, 1.82) is 0 Å². The minimum absolute atomic E-state index is 0.0603. The van der Waals surface area contributed by atoms with Crippen LogP contribution in [0.3, 0.4) is 0 Å². The number of hydrogen-bond donors (Lipinski definition) is 2. The number of carbonyl (C=O) groups is 3. The third-order valence-electron chi connectivity index (χ3n) is 8.04. The molecule has 7 nitrogen and oxygen atoms in total. The van der Waals surface area contributed by atoms with E-state index in [4.69, 9.17) is 14.7 Å². The van der Waals surface area contributed by atoms with Crippen LogP contribution >= 0.6 is 19.8 Å². The normalized spacial score (nSPS) is 16.8. The van der Waals surface area contributed by atoms with Gasteiger partial charge in [-0.2, -0.15) is 0 Å². The number of β-lactam (4-membered cyclic amide) rings is 1. The molecule has 230 valence electrons. The highest BCUT2D eigenvalue weighted by Gasteiger charge is 2.56. The fourth-order valence-corrected chi connectivity index (χ4v) is 10.5. The maximum Gasteiger partial charge on any atom is 0.356 e. The molecule has 1 heterocycles. The Kier molecular flexibility index (Phi) is 10.1. The predicted molar refractivity (Wildman–Crippen MR) is 185 cm³/mol. The molecule has 3 atom stereocenters. The second kappa shape index (κ2) is 14.2. The number of likely N-dealkylation sites (tertiary alicyclic amines) is 1. The number of esters is 1. The third kappa shape index (κ3) is 6.14. The number of nitrogen functional groups attached to an aromatic ring is 1. The molecule has 4 aromatic carbocycles. The maximum absolute atomic E-state index is 14.5. The van der Waals surface area contributed by atoms with Crippen molar-refractivity contribution in [3.8, 4) is 0 Å². The number of ketones is 1. The van der Waals surface area contributed by atoms with Gasteiger partial charge in [-0.1, -0.05) is 116 Å². The number of rotatable bonds is 12. The van der Waals surface area contributed by atoms with Crippen molar-refractivity contribution in [2.24, 2.45) is 5.92 Å². The second-order valence-corrected chi connectivity index (χ2v) is 14.3. The predicted octanol–water partition coefficient (Wildman–Crippen LogP) is 4.77. The summed E-state index contributed by atoms with van der Waals surface area (Å²) in [6.45, 7) is 2.27. The number of carbonyl (C=O) groups excluding carboxylic acids is 3. The molecule has 0 aromatic heterocycles. The summed E-state index contributed by atoms with van der Waals surface area (Å²) in [7, 11) is 0. The summed E-state index contributed by atoms with van der Waals surface area (Å²) in [5.74, 6) is -1.96. The molecular formula is C36H35N2O5PS. The van der Waals surface area contributed by atoms with E-state index in [-0.39, 0.29) is 30.1 Å². The van der Waals surface area contributed by atoms with Crippen LogP contribution in [0.25, 0.3) is 0 Å². The largest absolute Gasteiger partial charge is 0.457 e. The average Bonchev–Trinajstić information content (AvgIpc) is 3.08. The SMILES string of the molecule is C=CCOC(=O)C(N1C(=O)[C@H]([C@@H](C)OS)[C@H]1CC(=O)c1cccc(N)c1)=P(c1ccccc1)(c1ccccc1)c1ccccc1. The summed E-state index contributed by atoms with van der Waals surface area (Å²) in [6, 6.07) is 35.1. The highest BCUT2D eigenvalue weighted by molar-refractivity contribution is 7.96. The Bertz CT molecular complexity index is 1640. The van der Waals surface area contributed by atoms with Crippen LogP contribution in [0, 0.1) is 5.92 Å². The van der Waals surface area contributed by atoms with E-state index in [2.05, 4.69) is 19.5 Å². The Morgan fingerprint density at radius 3 is 1.91 bits per heavy atom. The number of amides is 1. The van der Waals surface area contributed by atoms with Gasteiger partial charge in [0.25, 0.3) is 0 Å². The molecule has 1 amide bonds. The number of benzene rings is 4. The van der Waals surface area contributed by atoms with E-state index in [0.29, 0.717) is 11.3 Å². The maximum atomic E-state index is 14.5. The number of Topliss-reactive ketones (excluding diaryl/α,β-unsaturated/α-hetero) is 1. The lowest BCUT2D eigenvalue weighted by Gasteiger charge is -2.51. The van der Waals surface area contributed by atoms with Gasteiger partial charge in [0.2, 0.25) is 5.91 Å². The van der Waals surface area contributed by atoms with Crippen LogP contribution in [0.15, 0.2) is 128 Å². The Morgan fingerprint density at radius 1 is 0.911 bits per heavy atom. The Balaban J connectivity index is 1.86. The minimum Gasteiger partial charge on any atom is -0.457 e. The molecule has 4 aromatic rings. The van der Waals surface area contributed by atoms with E-state index in [1.807, 2.05) is 91.0 Å². The summed E-state index contributed by atoms with van der Waals surface area (Å²) in [4.78, 5) is 44.1. The van der Waals surface area contributed by atoms with Crippen molar-refractivity contribution in [3.63, 3.8) is 0 Å². The fourth-order valence-electron chi connectivity index (χ4n) is 6.01. The minimum atomic E-state index is -3.12. The van der Waals surface area contributed by atoms with Gasteiger partial charge in [0, 0.05) is 24.6 Å². The first kappa shape index (κ1) is 32.0. The average molecular weight is 639 g/mol. The lowest BCUT2D eigenvalue weighted by atomic mass is 9.79. The van der Waals surface area contributed by atoms with E-state index >= 15 is 0 Å². The molecule has 0 radical (unpaired) electrons.